The van der Waals surface area contributed by atoms with Crippen molar-refractivity contribution in [3.8, 4) is 0 Å². The largest absolute Gasteiger partial charge is 0.153 e. The van der Waals surface area contributed by atoms with Crippen molar-refractivity contribution in [2.24, 2.45) is 0 Å². The molecule has 0 nitrogen and oxygen atoms in total. The molecule has 1 atom stereocenters. The zero-order valence-electron chi connectivity index (χ0n) is 9.83. The molecular weight excluding hydrogens is 179 g/mol. The molecule has 2 bridgehead atoms. The fourth-order valence-electron chi connectivity index (χ4n) is 4.59. The van der Waals surface area contributed by atoms with Crippen molar-refractivity contribution >= 4 is 6.71 Å². The minimum absolute atomic E-state index is 0.967. The van der Waals surface area contributed by atoms with Crippen LogP contribution in [0, 0.1) is 0 Å². The number of allylic oxidation sites excluding steroid dienone is 2. The first-order chi connectivity index (χ1) is 7.45. The second-order valence-electron chi connectivity index (χ2n) is 5.98. The molecule has 1 aliphatic carbocycles. The van der Waals surface area contributed by atoms with Crippen LogP contribution in [0.15, 0.2) is 12.2 Å². The molecule has 0 saturated carbocycles. The Labute approximate surface area is 94.6 Å². The van der Waals surface area contributed by atoms with Crippen LogP contribution in [0.4, 0.5) is 0 Å². The van der Waals surface area contributed by atoms with Crippen molar-refractivity contribution in [3.63, 3.8) is 0 Å². The van der Waals surface area contributed by atoms with Crippen molar-refractivity contribution in [2.45, 2.75) is 75.2 Å². The summed E-state index contributed by atoms with van der Waals surface area (Å²) < 4.78 is 0. The topological polar surface area (TPSA) is 0 Å². The van der Waals surface area contributed by atoms with E-state index in [-0.39, 0.29) is 0 Å². The van der Waals surface area contributed by atoms with Gasteiger partial charge in [-0.05, 0) is 18.7 Å². The zero-order chi connectivity index (χ0) is 10.1. The maximum atomic E-state index is 2.57. The molecule has 0 aromatic rings. The molecule has 2 aliphatic heterocycles. The molecule has 0 aromatic heterocycles. The third-order valence-corrected chi connectivity index (χ3v) is 5.17. The number of fused-ring (bicyclic) bond motifs is 2. The van der Waals surface area contributed by atoms with Crippen LogP contribution in [0.2, 0.25) is 17.5 Å². The minimum atomic E-state index is 0.967. The first kappa shape index (κ1) is 9.99. The number of rotatable bonds is 1. The van der Waals surface area contributed by atoms with Gasteiger partial charge in [-0.3, -0.25) is 0 Å². The molecule has 3 rings (SSSR count). The monoisotopic (exact) mass is 202 g/mol. The molecule has 82 valence electrons. The Balaban J connectivity index is 1.77. The standard InChI is InChI=1S/C14H23B/c1-2-6-12(7-3-1)15-13-8-4-9-14(15)11-5-10-13/h2,6,12-14H,1,3-5,7-11H2. The van der Waals surface area contributed by atoms with Crippen LogP contribution >= 0.6 is 0 Å². The van der Waals surface area contributed by atoms with Crippen LogP contribution in [0.1, 0.15) is 57.8 Å². The molecule has 2 fully saturated rings. The van der Waals surface area contributed by atoms with Gasteiger partial charge in [-0.2, -0.15) is 0 Å². The average Bonchev–Trinajstić information content (AvgIpc) is 2.29. The Morgan fingerprint density at radius 1 is 0.800 bits per heavy atom. The lowest BCUT2D eigenvalue weighted by Crippen LogP contribution is -2.38. The molecule has 3 aliphatic rings. The molecule has 1 unspecified atom stereocenters. The van der Waals surface area contributed by atoms with Gasteiger partial charge in [0.05, 0.1) is 0 Å². The van der Waals surface area contributed by atoms with Gasteiger partial charge in [-0.25, -0.2) is 0 Å². The highest BCUT2D eigenvalue weighted by Gasteiger charge is 2.42. The van der Waals surface area contributed by atoms with E-state index in [4.69, 9.17) is 0 Å². The highest BCUT2D eigenvalue weighted by molar-refractivity contribution is 6.64. The summed E-state index contributed by atoms with van der Waals surface area (Å²) in [6.45, 7) is 1.09. The molecule has 0 amide bonds. The van der Waals surface area contributed by atoms with E-state index in [0.29, 0.717) is 0 Å². The highest BCUT2D eigenvalue weighted by Crippen LogP contribution is 2.51. The molecule has 0 radical (unpaired) electrons. The predicted molar refractivity (Wildman–Crippen MR) is 67.7 cm³/mol. The summed E-state index contributed by atoms with van der Waals surface area (Å²) in [5.41, 5.74) is 0. The maximum absolute atomic E-state index is 2.57. The van der Waals surface area contributed by atoms with Crippen LogP contribution in [-0.4, -0.2) is 6.71 Å². The van der Waals surface area contributed by atoms with Crippen molar-refractivity contribution < 1.29 is 0 Å². The maximum Gasteiger partial charge on any atom is 0.153 e. The Hall–Kier alpha value is -0.195. The minimum Gasteiger partial charge on any atom is -0.0926 e. The summed E-state index contributed by atoms with van der Waals surface area (Å²) in [7, 11) is 0. The van der Waals surface area contributed by atoms with E-state index >= 15 is 0 Å². The van der Waals surface area contributed by atoms with E-state index in [1.54, 1.807) is 25.7 Å². The van der Waals surface area contributed by atoms with Gasteiger partial charge in [0.15, 0.2) is 6.71 Å². The summed E-state index contributed by atoms with van der Waals surface area (Å²) >= 11 is 0. The number of hydrogen-bond donors (Lipinski definition) is 0. The Morgan fingerprint density at radius 3 is 2.00 bits per heavy atom. The lowest BCUT2D eigenvalue weighted by Gasteiger charge is -2.44. The Kier molecular flexibility index (Phi) is 2.90. The summed E-state index contributed by atoms with van der Waals surface area (Å²) in [5.74, 6) is 3.17. The van der Waals surface area contributed by atoms with Gasteiger partial charge in [0.2, 0.25) is 0 Å². The molecule has 0 spiro atoms. The Bertz CT molecular complexity index is 224. The van der Waals surface area contributed by atoms with E-state index in [1.807, 2.05) is 0 Å². The fourth-order valence-corrected chi connectivity index (χ4v) is 4.59. The number of hydrogen-bond acceptors (Lipinski definition) is 0. The van der Waals surface area contributed by atoms with E-state index in [1.165, 1.54) is 32.1 Å². The van der Waals surface area contributed by atoms with Gasteiger partial charge in [0.1, 0.15) is 0 Å². The summed E-state index contributed by atoms with van der Waals surface area (Å²) in [4.78, 5) is 0. The molecule has 2 heterocycles. The van der Waals surface area contributed by atoms with Crippen molar-refractivity contribution in [3.05, 3.63) is 12.2 Å². The van der Waals surface area contributed by atoms with Crippen molar-refractivity contribution in [1.82, 2.24) is 0 Å². The highest BCUT2D eigenvalue weighted by atomic mass is 14.3. The second kappa shape index (κ2) is 4.35. The SMILES string of the molecule is C1=CC(B2C3CCCC2CCC3)CCC1. The second-order valence-corrected chi connectivity index (χ2v) is 5.98. The normalized spacial score (nSPS) is 40.5. The molecule has 15 heavy (non-hydrogen) atoms. The third kappa shape index (κ3) is 1.90. The Morgan fingerprint density at radius 2 is 1.47 bits per heavy atom. The molecular formula is C14H23B. The van der Waals surface area contributed by atoms with Gasteiger partial charge in [0, 0.05) is 0 Å². The predicted octanol–water partition coefficient (Wildman–Crippen LogP) is 4.70. The van der Waals surface area contributed by atoms with Crippen LogP contribution in [0.3, 0.4) is 0 Å². The lowest BCUT2D eigenvalue weighted by molar-refractivity contribution is 0.434. The molecule has 2 saturated heterocycles. The first-order valence-electron chi connectivity index (χ1n) is 7.12. The van der Waals surface area contributed by atoms with Gasteiger partial charge in [-0.15, -0.1) is 0 Å². The smallest absolute Gasteiger partial charge is 0.0926 e. The van der Waals surface area contributed by atoms with Gasteiger partial charge >= 0.3 is 0 Å². The fraction of sp³-hybridized carbons (Fsp3) is 0.857. The van der Waals surface area contributed by atoms with E-state index in [0.717, 1.165) is 24.2 Å². The average molecular weight is 202 g/mol. The molecule has 0 aromatic carbocycles. The van der Waals surface area contributed by atoms with E-state index < -0.39 is 0 Å². The summed E-state index contributed by atoms with van der Waals surface area (Å²) in [5, 5.41) is 0. The first-order valence-corrected chi connectivity index (χ1v) is 7.12. The van der Waals surface area contributed by atoms with Gasteiger partial charge in [0.25, 0.3) is 0 Å². The zero-order valence-corrected chi connectivity index (χ0v) is 9.83. The molecule has 0 N–H and O–H groups in total. The van der Waals surface area contributed by atoms with Crippen LogP contribution in [-0.2, 0) is 0 Å². The van der Waals surface area contributed by atoms with Crippen molar-refractivity contribution in [1.29, 1.82) is 0 Å². The van der Waals surface area contributed by atoms with E-state index in [2.05, 4.69) is 12.2 Å². The van der Waals surface area contributed by atoms with Gasteiger partial charge in [-0.1, -0.05) is 68.7 Å². The third-order valence-electron chi connectivity index (χ3n) is 5.17. The summed E-state index contributed by atoms with van der Waals surface area (Å²) in [6.07, 6.45) is 18.6. The van der Waals surface area contributed by atoms with Crippen LogP contribution in [0.5, 0.6) is 0 Å². The van der Waals surface area contributed by atoms with Crippen LogP contribution in [0.25, 0.3) is 0 Å². The summed E-state index contributed by atoms with van der Waals surface area (Å²) in [6, 6.07) is 0. The molecule has 1 heteroatoms. The quantitative estimate of drug-likeness (QED) is 0.427. The van der Waals surface area contributed by atoms with Gasteiger partial charge < -0.3 is 0 Å². The van der Waals surface area contributed by atoms with Crippen LogP contribution < -0.4 is 0 Å². The lowest BCUT2D eigenvalue weighted by atomic mass is 9.22. The van der Waals surface area contributed by atoms with E-state index in [9.17, 15) is 0 Å². The van der Waals surface area contributed by atoms with Crippen molar-refractivity contribution in [2.75, 3.05) is 0 Å².